The van der Waals surface area contributed by atoms with Crippen molar-refractivity contribution in [3.63, 3.8) is 0 Å². The number of quaternary nitrogens is 1. The first-order valence-electron chi connectivity index (χ1n) is 10.3. The lowest BCUT2D eigenvalue weighted by Gasteiger charge is -2.20. The highest BCUT2D eigenvalue weighted by Crippen LogP contribution is 2.26. The molecule has 1 amide bonds. The Morgan fingerprint density at radius 3 is 2.56 bits per heavy atom. The molecule has 3 aromatic rings. The van der Waals surface area contributed by atoms with E-state index in [1.54, 1.807) is 13.0 Å². The SMILES string of the molecule is CC[C@H](c1nnc(SCC(=O)Nc2nc(C)c(Cl)cc2Cl)n1Cc1ccccc1)[NH+](C)C. The zero-order chi connectivity index (χ0) is 23.3. The number of benzene rings is 1. The number of hydrogen-bond acceptors (Lipinski definition) is 5. The number of carbonyl (C=O) groups is 1. The van der Waals surface area contributed by atoms with E-state index in [9.17, 15) is 4.79 Å². The van der Waals surface area contributed by atoms with Crippen molar-refractivity contribution in [2.75, 3.05) is 25.2 Å². The van der Waals surface area contributed by atoms with Gasteiger partial charge in [0, 0.05) is 6.42 Å². The zero-order valence-electron chi connectivity index (χ0n) is 18.5. The summed E-state index contributed by atoms with van der Waals surface area (Å²) in [6, 6.07) is 11.9. The van der Waals surface area contributed by atoms with E-state index >= 15 is 0 Å². The molecule has 2 aromatic heterocycles. The summed E-state index contributed by atoms with van der Waals surface area (Å²) in [5, 5.41) is 13.1. The Bertz CT molecular complexity index is 1070. The molecule has 3 rings (SSSR count). The van der Waals surface area contributed by atoms with Gasteiger partial charge in [-0.15, -0.1) is 10.2 Å². The molecule has 2 N–H and O–H groups in total. The van der Waals surface area contributed by atoms with Crippen LogP contribution in [0.15, 0.2) is 41.6 Å². The first-order valence-corrected chi connectivity index (χ1v) is 12.1. The van der Waals surface area contributed by atoms with Crippen molar-refractivity contribution >= 4 is 46.7 Å². The van der Waals surface area contributed by atoms with Gasteiger partial charge >= 0.3 is 0 Å². The number of aryl methyl sites for hydroxylation is 1. The van der Waals surface area contributed by atoms with Crippen molar-refractivity contribution in [1.29, 1.82) is 0 Å². The Hall–Kier alpha value is -2.13. The molecule has 0 spiro atoms. The van der Waals surface area contributed by atoms with Gasteiger partial charge in [0.1, 0.15) is 6.04 Å². The largest absolute Gasteiger partial charge is 0.331 e. The third-order valence-corrected chi connectivity index (χ3v) is 6.68. The molecule has 7 nitrogen and oxygen atoms in total. The Balaban J connectivity index is 1.79. The standard InChI is InChI=1S/C22H26Cl2N6OS/c1-5-18(29(3)4)21-27-28-22(30(21)12-15-9-7-6-8-10-15)32-13-19(31)26-20-17(24)11-16(23)14(2)25-20/h6-11,18H,5,12-13H2,1-4H3,(H,25,26,31)/p+1/t18-/m1/s1. The van der Waals surface area contributed by atoms with Crippen molar-refractivity contribution in [3.8, 4) is 0 Å². The number of pyridine rings is 1. The van der Waals surface area contributed by atoms with Crippen LogP contribution in [-0.2, 0) is 11.3 Å². The number of rotatable bonds is 9. The van der Waals surface area contributed by atoms with E-state index < -0.39 is 0 Å². The molecular formula is C22H27Cl2N6OS+. The van der Waals surface area contributed by atoms with Crippen LogP contribution < -0.4 is 10.2 Å². The maximum atomic E-state index is 12.6. The van der Waals surface area contributed by atoms with Crippen molar-refractivity contribution in [2.45, 2.75) is 38.0 Å². The molecule has 32 heavy (non-hydrogen) atoms. The molecule has 1 atom stereocenters. The van der Waals surface area contributed by atoms with E-state index in [-0.39, 0.29) is 17.7 Å². The van der Waals surface area contributed by atoms with Gasteiger partial charge in [0.25, 0.3) is 0 Å². The lowest BCUT2D eigenvalue weighted by Crippen LogP contribution is -3.06. The number of anilines is 1. The summed E-state index contributed by atoms with van der Waals surface area (Å²) >= 11 is 13.5. The highest BCUT2D eigenvalue weighted by molar-refractivity contribution is 7.99. The van der Waals surface area contributed by atoms with Gasteiger partial charge in [-0.1, -0.05) is 72.2 Å². The third kappa shape index (κ3) is 6.01. The molecule has 0 aliphatic carbocycles. The first kappa shape index (κ1) is 24.5. The summed E-state index contributed by atoms with van der Waals surface area (Å²) in [7, 11) is 4.22. The number of nitrogens with one attached hydrogen (secondary N) is 2. The fourth-order valence-corrected chi connectivity index (χ4v) is 4.52. The van der Waals surface area contributed by atoms with Crippen LogP contribution >= 0.6 is 35.0 Å². The van der Waals surface area contributed by atoms with Crippen LogP contribution in [0.5, 0.6) is 0 Å². The fourth-order valence-electron chi connectivity index (χ4n) is 3.37. The van der Waals surface area contributed by atoms with Gasteiger partial charge in [-0.05, 0) is 18.6 Å². The molecule has 170 valence electrons. The van der Waals surface area contributed by atoms with Gasteiger partial charge in [0.15, 0.2) is 16.8 Å². The molecule has 10 heteroatoms. The predicted molar refractivity (Wildman–Crippen MR) is 130 cm³/mol. The van der Waals surface area contributed by atoms with E-state index in [1.807, 2.05) is 18.2 Å². The Morgan fingerprint density at radius 1 is 1.19 bits per heavy atom. The highest BCUT2D eigenvalue weighted by Gasteiger charge is 2.25. The molecule has 0 radical (unpaired) electrons. The van der Waals surface area contributed by atoms with Crippen LogP contribution in [0, 0.1) is 6.92 Å². The normalized spacial score (nSPS) is 12.2. The quantitative estimate of drug-likeness (QED) is 0.444. The molecule has 0 aliphatic rings. The maximum Gasteiger partial charge on any atom is 0.236 e. The van der Waals surface area contributed by atoms with Gasteiger partial charge in [-0.2, -0.15) is 0 Å². The summed E-state index contributed by atoms with van der Waals surface area (Å²) in [6.07, 6.45) is 0.931. The smallest absolute Gasteiger partial charge is 0.236 e. The number of carbonyl (C=O) groups excluding carboxylic acids is 1. The second-order valence-electron chi connectivity index (χ2n) is 7.67. The molecule has 0 fully saturated rings. The summed E-state index contributed by atoms with van der Waals surface area (Å²) in [4.78, 5) is 18.1. The summed E-state index contributed by atoms with van der Waals surface area (Å²) in [6.45, 7) is 4.54. The minimum Gasteiger partial charge on any atom is -0.331 e. The maximum absolute atomic E-state index is 12.6. The van der Waals surface area contributed by atoms with E-state index in [0.29, 0.717) is 33.3 Å². The minimum absolute atomic E-state index is 0.151. The molecule has 2 heterocycles. The predicted octanol–water partition coefficient (Wildman–Crippen LogP) is 3.66. The minimum atomic E-state index is -0.229. The summed E-state index contributed by atoms with van der Waals surface area (Å²) in [5.74, 6) is 1.13. The van der Waals surface area contributed by atoms with Crippen LogP contribution in [0.2, 0.25) is 10.0 Å². The third-order valence-electron chi connectivity index (χ3n) is 5.04. The number of amides is 1. The highest BCUT2D eigenvalue weighted by atomic mass is 35.5. The summed E-state index contributed by atoms with van der Waals surface area (Å²) < 4.78 is 2.10. The van der Waals surface area contributed by atoms with E-state index in [2.05, 4.69) is 58.2 Å². The van der Waals surface area contributed by atoms with Crippen LogP contribution in [0.25, 0.3) is 0 Å². The van der Waals surface area contributed by atoms with Gasteiger partial charge in [0.2, 0.25) is 5.91 Å². The van der Waals surface area contributed by atoms with Gasteiger partial charge in [-0.3, -0.25) is 9.36 Å². The second kappa shape index (κ2) is 11.1. The number of hydrogen-bond donors (Lipinski definition) is 2. The number of nitrogens with zero attached hydrogens (tertiary/aromatic N) is 4. The van der Waals surface area contributed by atoms with Gasteiger partial charge in [-0.25, -0.2) is 4.98 Å². The Kier molecular flexibility index (Phi) is 8.53. The molecule has 0 unspecified atom stereocenters. The average molecular weight is 494 g/mol. The van der Waals surface area contributed by atoms with Crippen molar-refractivity contribution in [2.24, 2.45) is 0 Å². The van der Waals surface area contributed by atoms with Gasteiger partial charge in [0.05, 0.1) is 42.1 Å². The monoisotopic (exact) mass is 493 g/mol. The van der Waals surface area contributed by atoms with E-state index in [0.717, 1.165) is 17.8 Å². The second-order valence-corrected chi connectivity index (χ2v) is 9.43. The molecule has 0 saturated carbocycles. The van der Waals surface area contributed by atoms with Crippen molar-refractivity contribution < 1.29 is 9.69 Å². The summed E-state index contributed by atoms with van der Waals surface area (Å²) in [5.41, 5.74) is 1.75. The fraction of sp³-hybridized carbons (Fsp3) is 0.364. The molecular weight excluding hydrogens is 467 g/mol. The van der Waals surface area contributed by atoms with Gasteiger partial charge < -0.3 is 10.2 Å². The van der Waals surface area contributed by atoms with E-state index in [4.69, 9.17) is 23.2 Å². The Morgan fingerprint density at radius 2 is 1.91 bits per heavy atom. The molecule has 0 aliphatic heterocycles. The number of aromatic nitrogens is 4. The molecule has 0 saturated heterocycles. The number of thioether (sulfide) groups is 1. The topological polar surface area (TPSA) is 77.1 Å². The lowest BCUT2D eigenvalue weighted by molar-refractivity contribution is -0.893. The number of halogens is 2. The lowest BCUT2D eigenvalue weighted by atomic mass is 10.2. The van der Waals surface area contributed by atoms with Crippen molar-refractivity contribution in [3.05, 3.63) is 63.5 Å². The first-order chi connectivity index (χ1) is 15.3. The van der Waals surface area contributed by atoms with Crippen LogP contribution in [-0.4, -0.2) is 45.5 Å². The molecule has 1 aromatic carbocycles. The van der Waals surface area contributed by atoms with Crippen LogP contribution in [0.3, 0.4) is 0 Å². The van der Waals surface area contributed by atoms with Crippen molar-refractivity contribution in [1.82, 2.24) is 19.7 Å². The molecule has 0 bridgehead atoms. The zero-order valence-corrected chi connectivity index (χ0v) is 20.9. The van der Waals surface area contributed by atoms with Crippen LogP contribution in [0.1, 0.15) is 36.5 Å². The van der Waals surface area contributed by atoms with Crippen LogP contribution in [0.4, 0.5) is 5.82 Å². The van der Waals surface area contributed by atoms with E-state index in [1.165, 1.54) is 16.7 Å². The average Bonchev–Trinajstić information content (AvgIpc) is 3.13. The Labute approximate surface area is 202 Å².